The summed E-state index contributed by atoms with van der Waals surface area (Å²) in [5, 5.41) is 3.43. The van der Waals surface area contributed by atoms with Crippen molar-refractivity contribution in [3.05, 3.63) is 65.0 Å². The van der Waals surface area contributed by atoms with Crippen LogP contribution in [-0.2, 0) is 6.54 Å². The van der Waals surface area contributed by atoms with Crippen LogP contribution in [0.5, 0.6) is 0 Å². The molecule has 0 fully saturated rings. The van der Waals surface area contributed by atoms with Crippen molar-refractivity contribution in [1.29, 1.82) is 0 Å². The van der Waals surface area contributed by atoms with E-state index < -0.39 is 0 Å². The second-order valence-electron chi connectivity index (χ2n) is 5.78. The standard InChI is InChI=1S/C18H25N3/c1-14-9-15(2)11-16(10-14)18(19-3)13-21(4)12-17-7-5-6-8-20-17/h5-11,18-19H,12-13H2,1-4H3. The van der Waals surface area contributed by atoms with E-state index >= 15 is 0 Å². The molecule has 1 aromatic carbocycles. The molecule has 0 aliphatic carbocycles. The maximum Gasteiger partial charge on any atom is 0.0543 e. The Balaban J connectivity index is 2.04. The highest BCUT2D eigenvalue weighted by Crippen LogP contribution is 2.18. The van der Waals surface area contributed by atoms with E-state index in [1.54, 1.807) is 0 Å². The molecule has 0 aliphatic rings. The Bertz CT molecular complexity index is 546. The zero-order chi connectivity index (χ0) is 15.2. The molecule has 0 saturated heterocycles. The molecule has 1 aromatic heterocycles. The average molecular weight is 283 g/mol. The van der Waals surface area contributed by atoms with Gasteiger partial charge in [-0.3, -0.25) is 9.88 Å². The van der Waals surface area contributed by atoms with E-state index in [1.807, 2.05) is 25.4 Å². The first-order valence-corrected chi connectivity index (χ1v) is 7.42. The predicted octanol–water partition coefficient (Wildman–Crippen LogP) is 3.09. The Morgan fingerprint density at radius 3 is 2.43 bits per heavy atom. The second-order valence-corrected chi connectivity index (χ2v) is 5.78. The molecule has 112 valence electrons. The molecular formula is C18H25N3. The van der Waals surface area contributed by atoms with Crippen LogP contribution in [0.3, 0.4) is 0 Å². The molecule has 1 heterocycles. The average Bonchev–Trinajstić information content (AvgIpc) is 2.44. The van der Waals surface area contributed by atoms with Crippen molar-refractivity contribution in [3.63, 3.8) is 0 Å². The van der Waals surface area contributed by atoms with Crippen LogP contribution >= 0.6 is 0 Å². The number of benzene rings is 1. The van der Waals surface area contributed by atoms with E-state index in [-0.39, 0.29) is 0 Å². The second kappa shape index (κ2) is 7.34. The van der Waals surface area contributed by atoms with Gasteiger partial charge in [0.1, 0.15) is 0 Å². The summed E-state index contributed by atoms with van der Waals surface area (Å²) in [4.78, 5) is 6.70. The van der Waals surface area contributed by atoms with Gasteiger partial charge in [-0.05, 0) is 45.6 Å². The fourth-order valence-electron chi connectivity index (χ4n) is 2.72. The quantitative estimate of drug-likeness (QED) is 0.883. The summed E-state index contributed by atoms with van der Waals surface area (Å²) in [7, 11) is 4.17. The summed E-state index contributed by atoms with van der Waals surface area (Å²) in [6.07, 6.45) is 1.85. The molecule has 0 radical (unpaired) electrons. The first-order valence-electron chi connectivity index (χ1n) is 7.42. The van der Waals surface area contributed by atoms with Crippen molar-refractivity contribution in [1.82, 2.24) is 15.2 Å². The molecular weight excluding hydrogens is 258 g/mol. The Labute approximate surface area is 128 Å². The maximum atomic E-state index is 4.39. The van der Waals surface area contributed by atoms with Gasteiger partial charge in [-0.1, -0.05) is 35.4 Å². The van der Waals surface area contributed by atoms with Gasteiger partial charge in [-0.25, -0.2) is 0 Å². The minimum absolute atomic E-state index is 0.331. The smallest absolute Gasteiger partial charge is 0.0543 e. The largest absolute Gasteiger partial charge is 0.312 e. The molecule has 2 aromatic rings. The molecule has 0 amide bonds. The van der Waals surface area contributed by atoms with Crippen LogP contribution in [0.25, 0.3) is 0 Å². The molecule has 1 atom stereocenters. The Kier molecular flexibility index (Phi) is 5.48. The first kappa shape index (κ1) is 15.7. The minimum atomic E-state index is 0.331. The maximum absolute atomic E-state index is 4.39. The molecule has 0 saturated carbocycles. The van der Waals surface area contributed by atoms with E-state index in [4.69, 9.17) is 0 Å². The van der Waals surface area contributed by atoms with Crippen LogP contribution in [-0.4, -0.2) is 30.5 Å². The number of hydrogen-bond acceptors (Lipinski definition) is 3. The van der Waals surface area contributed by atoms with Crippen molar-refractivity contribution in [2.24, 2.45) is 0 Å². The van der Waals surface area contributed by atoms with Gasteiger partial charge in [0.05, 0.1) is 5.69 Å². The van der Waals surface area contributed by atoms with E-state index in [2.05, 4.69) is 60.4 Å². The van der Waals surface area contributed by atoms with Crippen LogP contribution < -0.4 is 5.32 Å². The highest BCUT2D eigenvalue weighted by Gasteiger charge is 2.13. The zero-order valence-electron chi connectivity index (χ0n) is 13.4. The zero-order valence-corrected chi connectivity index (χ0v) is 13.4. The molecule has 0 spiro atoms. The van der Waals surface area contributed by atoms with Crippen molar-refractivity contribution in [2.75, 3.05) is 20.6 Å². The Morgan fingerprint density at radius 1 is 1.14 bits per heavy atom. The molecule has 1 N–H and O–H groups in total. The summed E-state index contributed by atoms with van der Waals surface area (Å²) in [6.45, 7) is 6.13. The van der Waals surface area contributed by atoms with Crippen molar-refractivity contribution >= 4 is 0 Å². The predicted molar refractivity (Wildman–Crippen MR) is 88.3 cm³/mol. The Morgan fingerprint density at radius 2 is 1.86 bits per heavy atom. The van der Waals surface area contributed by atoms with Crippen molar-refractivity contribution in [2.45, 2.75) is 26.4 Å². The summed E-state index contributed by atoms with van der Waals surface area (Å²) in [5.74, 6) is 0. The normalized spacial score (nSPS) is 12.6. The number of nitrogens with zero attached hydrogens (tertiary/aromatic N) is 2. The first-order chi connectivity index (χ1) is 10.1. The molecule has 21 heavy (non-hydrogen) atoms. The lowest BCUT2D eigenvalue weighted by Crippen LogP contribution is -2.31. The van der Waals surface area contributed by atoms with Crippen molar-refractivity contribution in [3.8, 4) is 0 Å². The van der Waals surface area contributed by atoms with E-state index in [0.29, 0.717) is 6.04 Å². The summed E-state index contributed by atoms with van der Waals surface area (Å²) in [5.41, 5.74) is 5.09. The SMILES string of the molecule is CNC(CN(C)Cc1ccccn1)c1cc(C)cc(C)c1. The molecule has 0 aliphatic heterocycles. The third-order valence-electron chi connectivity index (χ3n) is 3.65. The summed E-state index contributed by atoms with van der Waals surface area (Å²) in [6, 6.07) is 13.1. The lowest BCUT2D eigenvalue weighted by Gasteiger charge is -2.24. The lowest BCUT2D eigenvalue weighted by molar-refractivity contribution is 0.286. The van der Waals surface area contributed by atoms with Gasteiger partial charge in [0.15, 0.2) is 0 Å². The van der Waals surface area contributed by atoms with E-state index in [1.165, 1.54) is 16.7 Å². The van der Waals surface area contributed by atoms with Gasteiger partial charge in [0, 0.05) is 25.3 Å². The number of hydrogen-bond donors (Lipinski definition) is 1. The van der Waals surface area contributed by atoms with Crippen LogP contribution in [0.1, 0.15) is 28.4 Å². The monoisotopic (exact) mass is 283 g/mol. The van der Waals surface area contributed by atoms with Gasteiger partial charge in [-0.15, -0.1) is 0 Å². The summed E-state index contributed by atoms with van der Waals surface area (Å²) < 4.78 is 0. The van der Waals surface area contributed by atoms with Crippen LogP contribution in [0.4, 0.5) is 0 Å². The minimum Gasteiger partial charge on any atom is -0.312 e. The van der Waals surface area contributed by atoms with Gasteiger partial charge in [-0.2, -0.15) is 0 Å². The number of aryl methyl sites for hydroxylation is 2. The fraction of sp³-hybridized carbons (Fsp3) is 0.389. The van der Waals surface area contributed by atoms with Gasteiger partial charge in [0.2, 0.25) is 0 Å². The molecule has 2 rings (SSSR count). The Hall–Kier alpha value is -1.71. The van der Waals surface area contributed by atoms with E-state index in [0.717, 1.165) is 18.8 Å². The molecule has 0 bridgehead atoms. The molecule has 1 unspecified atom stereocenters. The summed E-state index contributed by atoms with van der Waals surface area (Å²) >= 11 is 0. The highest BCUT2D eigenvalue weighted by atomic mass is 15.1. The fourth-order valence-corrected chi connectivity index (χ4v) is 2.72. The van der Waals surface area contributed by atoms with Gasteiger partial charge in [0.25, 0.3) is 0 Å². The van der Waals surface area contributed by atoms with Crippen molar-refractivity contribution < 1.29 is 0 Å². The molecule has 3 heteroatoms. The number of likely N-dealkylation sites (N-methyl/N-ethyl adjacent to an activating group) is 2. The number of pyridine rings is 1. The third kappa shape index (κ3) is 4.66. The van der Waals surface area contributed by atoms with Crippen LogP contribution in [0.15, 0.2) is 42.6 Å². The topological polar surface area (TPSA) is 28.2 Å². The van der Waals surface area contributed by atoms with E-state index in [9.17, 15) is 0 Å². The number of nitrogens with one attached hydrogen (secondary N) is 1. The van der Waals surface area contributed by atoms with Crippen LogP contribution in [0, 0.1) is 13.8 Å². The third-order valence-corrected chi connectivity index (χ3v) is 3.65. The number of rotatable bonds is 6. The van der Waals surface area contributed by atoms with Gasteiger partial charge < -0.3 is 5.32 Å². The van der Waals surface area contributed by atoms with Crippen LogP contribution in [0.2, 0.25) is 0 Å². The number of aromatic nitrogens is 1. The van der Waals surface area contributed by atoms with Gasteiger partial charge >= 0.3 is 0 Å². The highest BCUT2D eigenvalue weighted by molar-refractivity contribution is 5.30. The lowest BCUT2D eigenvalue weighted by atomic mass is 10.0. The molecule has 3 nitrogen and oxygen atoms in total.